The Morgan fingerprint density at radius 3 is 2.67 bits per heavy atom. The van der Waals surface area contributed by atoms with Gasteiger partial charge in [0.1, 0.15) is 0 Å². The second kappa shape index (κ2) is 6.09. The van der Waals surface area contributed by atoms with Crippen LogP contribution >= 0.6 is 11.3 Å². The van der Waals surface area contributed by atoms with Crippen LogP contribution in [0.15, 0.2) is 48.5 Å². The largest absolute Gasteiger partial charge is 0.454 e. The molecule has 0 unspecified atom stereocenters. The van der Waals surface area contributed by atoms with E-state index in [1.165, 1.54) is 11.3 Å². The van der Waals surface area contributed by atoms with Crippen molar-refractivity contribution in [3.8, 4) is 22.8 Å². The number of nitrogens with one attached hydrogen (secondary N) is 1. The lowest BCUT2D eigenvalue weighted by molar-refractivity contribution is -0.118. The molecule has 0 atom stereocenters. The zero-order valence-corrected chi connectivity index (χ0v) is 15.6. The van der Waals surface area contributed by atoms with E-state index < -0.39 is 5.41 Å². The fourth-order valence-corrected chi connectivity index (χ4v) is 4.33. The number of amides is 1. The van der Waals surface area contributed by atoms with Crippen LogP contribution in [0.1, 0.15) is 23.3 Å². The minimum absolute atomic E-state index is 0.00488. The molecule has 0 bridgehead atoms. The van der Waals surface area contributed by atoms with Gasteiger partial charge in [0.2, 0.25) is 12.7 Å². The van der Waals surface area contributed by atoms with E-state index in [2.05, 4.69) is 10.3 Å². The van der Waals surface area contributed by atoms with Crippen LogP contribution in [0, 0.1) is 6.92 Å². The first-order valence-corrected chi connectivity index (χ1v) is 9.72. The summed E-state index contributed by atoms with van der Waals surface area (Å²) in [6.07, 6.45) is 1.66. The van der Waals surface area contributed by atoms with Crippen LogP contribution in [0.4, 0.5) is 5.13 Å². The Morgan fingerprint density at radius 2 is 1.89 bits per heavy atom. The van der Waals surface area contributed by atoms with Crippen LogP contribution in [-0.4, -0.2) is 17.7 Å². The van der Waals surface area contributed by atoms with Gasteiger partial charge in [-0.2, -0.15) is 0 Å². The lowest BCUT2D eigenvalue weighted by atomic mass is 9.94. The van der Waals surface area contributed by atoms with Gasteiger partial charge in [-0.15, -0.1) is 11.3 Å². The molecule has 5 nitrogen and oxygen atoms in total. The summed E-state index contributed by atoms with van der Waals surface area (Å²) >= 11 is 1.51. The molecule has 1 amide bonds. The first-order valence-electron chi connectivity index (χ1n) is 8.90. The monoisotopic (exact) mass is 378 g/mol. The molecule has 2 heterocycles. The second-order valence-corrected chi connectivity index (χ2v) is 8.10. The van der Waals surface area contributed by atoms with E-state index in [-0.39, 0.29) is 12.7 Å². The summed E-state index contributed by atoms with van der Waals surface area (Å²) in [6, 6.07) is 15.8. The van der Waals surface area contributed by atoms with Crippen molar-refractivity contribution in [2.24, 2.45) is 0 Å². The number of hydrogen-bond donors (Lipinski definition) is 1. The van der Waals surface area contributed by atoms with Crippen molar-refractivity contribution in [1.82, 2.24) is 4.98 Å². The van der Waals surface area contributed by atoms with Crippen molar-refractivity contribution >= 4 is 22.4 Å². The van der Waals surface area contributed by atoms with Crippen LogP contribution in [0.3, 0.4) is 0 Å². The summed E-state index contributed by atoms with van der Waals surface area (Å²) in [6.45, 7) is 2.26. The van der Waals surface area contributed by atoms with Crippen LogP contribution in [0.2, 0.25) is 0 Å². The third-order valence-electron chi connectivity index (χ3n) is 5.17. The Hall–Kier alpha value is -2.86. The molecule has 1 saturated carbocycles. The Kier molecular flexibility index (Phi) is 3.68. The van der Waals surface area contributed by atoms with E-state index in [0.29, 0.717) is 10.9 Å². The topological polar surface area (TPSA) is 60.5 Å². The molecule has 136 valence electrons. The molecule has 0 saturated heterocycles. The Morgan fingerprint density at radius 1 is 1.11 bits per heavy atom. The van der Waals surface area contributed by atoms with Crippen molar-refractivity contribution in [2.45, 2.75) is 25.2 Å². The maximum Gasteiger partial charge on any atom is 0.236 e. The molecule has 5 rings (SSSR count). The van der Waals surface area contributed by atoms with Crippen molar-refractivity contribution < 1.29 is 14.3 Å². The van der Waals surface area contributed by atoms with Crippen molar-refractivity contribution in [3.63, 3.8) is 0 Å². The summed E-state index contributed by atoms with van der Waals surface area (Å²) in [5, 5.41) is 3.68. The maximum atomic E-state index is 13.0. The van der Waals surface area contributed by atoms with Gasteiger partial charge in [0.15, 0.2) is 16.6 Å². The standard InChI is InChI=1S/C21H18N2O3S/c1-13-18(14-5-3-2-4-6-14)22-20(27-13)23-19(24)21(9-10-21)15-7-8-16-17(11-15)26-12-25-16/h2-8,11H,9-10,12H2,1H3,(H,22,23,24). The van der Waals surface area contributed by atoms with Gasteiger partial charge in [-0.25, -0.2) is 4.98 Å². The van der Waals surface area contributed by atoms with Crippen molar-refractivity contribution in [3.05, 3.63) is 59.0 Å². The number of carbonyl (C=O) groups is 1. The molecular weight excluding hydrogens is 360 g/mol. The summed E-state index contributed by atoms with van der Waals surface area (Å²) < 4.78 is 10.8. The lowest BCUT2D eigenvalue weighted by Gasteiger charge is -2.15. The van der Waals surface area contributed by atoms with E-state index in [9.17, 15) is 4.79 Å². The maximum absolute atomic E-state index is 13.0. The quantitative estimate of drug-likeness (QED) is 0.725. The minimum atomic E-state index is -0.493. The SMILES string of the molecule is Cc1sc(NC(=O)C2(c3ccc4c(c3)OCO4)CC2)nc1-c1ccccc1. The molecule has 0 spiro atoms. The number of hydrogen-bond acceptors (Lipinski definition) is 5. The van der Waals surface area contributed by atoms with Gasteiger partial charge < -0.3 is 14.8 Å². The highest BCUT2D eigenvalue weighted by Gasteiger charge is 2.52. The second-order valence-electron chi connectivity index (χ2n) is 6.89. The van der Waals surface area contributed by atoms with Gasteiger partial charge in [-0.1, -0.05) is 36.4 Å². The number of carbonyl (C=O) groups excluding carboxylic acids is 1. The number of ether oxygens (including phenoxy) is 2. The highest BCUT2D eigenvalue weighted by molar-refractivity contribution is 7.16. The number of nitrogens with zero attached hydrogens (tertiary/aromatic N) is 1. The number of thiazole rings is 1. The van der Waals surface area contributed by atoms with Crippen molar-refractivity contribution in [1.29, 1.82) is 0 Å². The Bertz CT molecular complexity index is 1030. The molecule has 1 aliphatic carbocycles. The van der Waals surface area contributed by atoms with Crippen LogP contribution < -0.4 is 14.8 Å². The van der Waals surface area contributed by atoms with Crippen LogP contribution in [0.5, 0.6) is 11.5 Å². The van der Waals surface area contributed by atoms with Crippen LogP contribution in [0.25, 0.3) is 11.3 Å². The van der Waals surface area contributed by atoms with E-state index in [4.69, 9.17) is 9.47 Å². The van der Waals surface area contributed by atoms with Gasteiger partial charge in [0.05, 0.1) is 11.1 Å². The molecule has 6 heteroatoms. The van der Waals surface area contributed by atoms with Crippen LogP contribution in [-0.2, 0) is 10.2 Å². The number of aromatic nitrogens is 1. The third kappa shape index (κ3) is 2.77. The third-order valence-corrected chi connectivity index (χ3v) is 6.06. The minimum Gasteiger partial charge on any atom is -0.454 e. The fourth-order valence-electron chi connectivity index (χ4n) is 3.50. The van der Waals surface area contributed by atoms with Gasteiger partial charge >= 0.3 is 0 Å². The Balaban J connectivity index is 1.39. The number of aryl methyl sites for hydroxylation is 1. The summed E-state index contributed by atoms with van der Waals surface area (Å²) in [7, 11) is 0. The molecule has 1 aromatic heterocycles. The molecule has 2 aliphatic rings. The van der Waals surface area contributed by atoms with Gasteiger partial charge in [-0.3, -0.25) is 4.79 Å². The normalized spacial score (nSPS) is 16.2. The van der Waals surface area contributed by atoms with E-state index in [1.807, 2.05) is 55.5 Å². The predicted octanol–water partition coefficient (Wildman–Crippen LogP) is 4.52. The lowest BCUT2D eigenvalue weighted by Crippen LogP contribution is -2.27. The van der Waals surface area contributed by atoms with E-state index in [0.717, 1.165) is 40.3 Å². The molecule has 2 aromatic carbocycles. The van der Waals surface area contributed by atoms with Gasteiger partial charge in [0.25, 0.3) is 0 Å². The number of fused-ring (bicyclic) bond motifs is 1. The van der Waals surface area contributed by atoms with Crippen molar-refractivity contribution in [2.75, 3.05) is 12.1 Å². The highest BCUT2D eigenvalue weighted by atomic mass is 32.1. The number of benzene rings is 2. The summed E-state index contributed by atoms with van der Waals surface area (Å²) in [5.41, 5.74) is 2.46. The molecule has 27 heavy (non-hydrogen) atoms. The Labute approximate surface area is 161 Å². The fraction of sp³-hybridized carbons (Fsp3) is 0.238. The summed E-state index contributed by atoms with van der Waals surface area (Å²) in [4.78, 5) is 18.8. The summed E-state index contributed by atoms with van der Waals surface area (Å²) in [5.74, 6) is 1.44. The van der Waals surface area contributed by atoms with Gasteiger partial charge in [0, 0.05) is 10.4 Å². The molecule has 1 aliphatic heterocycles. The van der Waals surface area contributed by atoms with E-state index in [1.54, 1.807) is 0 Å². The average molecular weight is 378 g/mol. The smallest absolute Gasteiger partial charge is 0.236 e. The zero-order valence-electron chi connectivity index (χ0n) is 14.8. The first-order chi connectivity index (χ1) is 13.2. The average Bonchev–Trinajstić information content (AvgIpc) is 3.23. The predicted molar refractivity (Wildman–Crippen MR) is 104 cm³/mol. The molecule has 3 aromatic rings. The first kappa shape index (κ1) is 16.3. The molecule has 1 N–H and O–H groups in total. The highest BCUT2D eigenvalue weighted by Crippen LogP contribution is 2.51. The molecular formula is C21H18N2O3S. The van der Waals surface area contributed by atoms with Gasteiger partial charge in [-0.05, 0) is 37.5 Å². The molecule has 1 fully saturated rings. The number of anilines is 1. The van der Waals surface area contributed by atoms with E-state index >= 15 is 0 Å². The zero-order chi connectivity index (χ0) is 18.4. The number of rotatable bonds is 4. The molecule has 0 radical (unpaired) electrons.